The number of hydrogen-bond donors (Lipinski definition) is 2. The first-order valence-electron chi connectivity index (χ1n) is 3.36. The molecular formula is C7H13BrO3. The Balaban J connectivity index is 0.000000218. The van der Waals surface area contributed by atoms with E-state index in [9.17, 15) is 0 Å². The van der Waals surface area contributed by atoms with E-state index in [2.05, 4.69) is 36.7 Å². The molecule has 0 aromatic heterocycles. The molecule has 1 fully saturated rings. The predicted molar refractivity (Wildman–Crippen MR) is 46.3 cm³/mol. The van der Waals surface area contributed by atoms with Crippen molar-refractivity contribution in [2.24, 2.45) is 11.3 Å². The van der Waals surface area contributed by atoms with E-state index in [1.54, 1.807) is 0 Å². The van der Waals surface area contributed by atoms with Crippen molar-refractivity contribution in [3.63, 3.8) is 0 Å². The summed E-state index contributed by atoms with van der Waals surface area (Å²) < 4.78 is 0. The van der Waals surface area contributed by atoms with Crippen LogP contribution in [0.15, 0.2) is 0 Å². The van der Waals surface area contributed by atoms with Crippen LogP contribution in [0.2, 0.25) is 0 Å². The van der Waals surface area contributed by atoms with Gasteiger partial charge in [0, 0.05) is 4.83 Å². The molecule has 1 aliphatic rings. The molecule has 66 valence electrons. The fourth-order valence-corrected chi connectivity index (χ4v) is 1.77. The fourth-order valence-electron chi connectivity index (χ4n) is 0.822. The van der Waals surface area contributed by atoms with Crippen LogP contribution in [0.3, 0.4) is 0 Å². The summed E-state index contributed by atoms with van der Waals surface area (Å²) in [6.45, 7) is 6.85. The summed E-state index contributed by atoms with van der Waals surface area (Å²) in [5.41, 5.74) is 0.583. The standard InChI is InChI=1S/C6H11Br.CH2O3/c1-4-5(7)6(4,2)3;2-1(3)4/h4-5H,1-3H3;(H2,2,3,4). The summed E-state index contributed by atoms with van der Waals surface area (Å²) in [7, 11) is 0. The van der Waals surface area contributed by atoms with Gasteiger partial charge in [0.15, 0.2) is 0 Å². The lowest BCUT2D eigenvalue weighted by atomic mass is 10.1. The van der Waals surface area contributed by atoms with Crippen LogP contribution < -0.4 is 0 Å². The van der Waals surface area contributed by atoms with Gasteiger partial charge in [0.2, 0.25) is 0 Å². The summed E-state index contributed by atoms with van der Waals surface area (Å²) in [4.78, 5) is 9.33. The van der Waals surface area contributed by atoms with Crippen LogP contribution in [0, 0.1) is 11.3 Å². The highest BCUT2D eigenvalue weighted by atomic mass is 79.9. The number of hydrogen-bond acceptors (Lipinski definition) is 1. The summed E-state index contributed by atoms with van der Waals surface area (Å²) in [6, 6.07) is 0. The SMILES string of the molecule is CC1C(Br)C1(C)C.O=C(O)O. The first-order valence-corrected chi connectivity index (χ1v) is 4.27. The van der Waals surface area contributed by atoms with Crippen molar-refractivity contribution >= 4 is 22.1 Å². The van der Waals surface area contributed by atoms with E-state index in [4.69, 9.17) is 15.0 Å². The maximum atomic E-state index is 8.56. The Kier molecular flexibility index (Phi) is 3.35. The van der Waals surface area contributed by atoms with Crippen LogP contribution in [-0.2, 0) is 0 Å². The van der Waals surface area contributed by atoms with Crippen molar-refractivity contribution in [3.05, 3.63) is 0 Å². The van der Waals surface area contributed by atoms with E-state index in [1.807, 2.05) is 0 Å². The zero-order valence-corrected chi connectivity index (χ0v) is 8.42. The molecule has 2 N–H and O–H groups in total. The van der Waals surface area contributed by atoms with E-state index in [0.717, 1.165) is 10.7 Å². The second-order valence-electron chi connectivity index (χ2n) is 3.29. The monoisotopic (exact) mass is 224 g/mol. The zero-order valence-electron chi connectivity index (χ0n) is 6.84. The van der Waals surface area contributed by atoms with Crippen LogP contribution >= 0.6 is 15.9 Å². The molecule has 0 aromatic carbocycles. The van der Waals surface area contributed by atoms with Gasteiger partial charge in [-0.2, -0.15) is 0 Å². The maximum absolute atomic E-state index is 8.56. The third-order valence-electron chi connectivity index (χ3n) is 2.21. The molecule has 2 atom stereocenters. The molecule has 1 rings (SSSR count). The molecule has 0 aliphatic heterocycles. The average Bonchev–Trinajstić information content (AvgIpc) is 2.17. The van der Waals surface area contributed by atoms with Crippen molar-refractivity contribution in [2.45, 2.75) is 25.6 Å². The largest absolute Gasteiger partial charge is 0.503 e. The summed E-state index contributed by atoms with van der Waals surface area (Å²) >= 11 is 3.57. The lowest BCUT2D eigenvalue weighted by Gasteiger charge is -1.93. The Morgan fingerprint density at radius 3 is 1.55 bits per heavy atom. The van der Waals surface area contributed by atoms with Gasteiger partial charge in [-0.1, -0.05) is 36.7 Å². The Hall–Kier alpha value is -0.250. The topological polar surface area (TPSA) is 57.5 Å². The highest BCUT2D eigenvalue weighted by Gasteiger charge is 2.52. The minimum absolute atomic E-state index is 0.583. The van der Waals surface area contributed by atoms with Crippen molar-refractivity contribution in [1.82, 2.24) is 0 Å². The van der Waals surface area contributed by atoms with E-state index in [1.165, 1.54) is 0 Å². The van der Waals surface area contributed by atoms with Crippen molar-refractivity contribution in [3.8, 4) is 0 Å². The molecule has 0 spiro atoms. The molecule has 0 saturated heterocycles. The summed E-state index contributed by atoms with van der Waals surface area (Å²) in [6.07, 6.45) is -1.83. The van der Waals surface area contributed by atoms with Gasteiger partial charge in [-0.3, -0.25) is 0 Å². The summed E-state index contributed by atoms with van der Waals surface area (Å²) in [5, 5.41) is 13.9. The Morgan fingerprint density at radius 1 is 1.45 bits per heavy atom. The first-order chi connectivity index (χ1) is 4.80. The zero-order chi connectivity index (χ0) is 9.23. The molecule has 0 amide bonds. The molecule has 0 radical (unpaired) electrons. The Bertz CT molecular complexity index is 142. The minimum atomic E-state index is -1.83. The lowest BCUT2D eigenvalue weighted by molar-refractivity contribution is 0.137. The van der Waals surface area contributed by atoms with Crippen molar-refractivity contribution in [1.29, 1.82) is 0 Å². The normalized spacial score (nSPS) is 31.6. The third kappa shape index (κ3) is 3.10. The number of halogens is 1. The molecule has 11 heavy (non-hydrogen) atoms. The maximum Gasteiger partial charge on any atom is 0.503 e. The highest BCUT2D eigenvalue weighted by Crippen LogP contribution is 2.56. The van der Waals surface area contributed by atoms with Crippen LogP contribution in [0.4, 0.5) is 4.79 Å². The van der Waals surface area contributed by atoms with Crippen LogP contribution in [0.25, 0.3) is 0 Å². The molecular weight excluding hydrogens is 212 g/mol. The predicted octanol–water partition coefficient (Wildman–Crippen LogP) is 2.65. The number of carboxylic acid groups (broad SMARTS) is 2. The van der Waals surface area contributed by atoms with E-state index in [0.29, 0.717) is 5.41 Å². The van der Waals surface area contributed by atoms with Crippen molar-refractivity contribution < 1.29 is 15.0 Å². The molecule has 0 bridgehead atoms. The minimum Gasteiger partial charge on any atom is -0.450 e. The van der Waals surface area contributed by atoms with E-state index < -0.39 is 6.16 Å². The summed E-state index contributed by atoms with van der Waals surface area (Å²) in [5.74, 6) is 0.882. The van der Waals surface area contributed by atoms with Gasteiger partial charge in [0.25, 0.3) is 0 Å². The Labute approximate surface area is 74.5 Å². The molecule has 4 heteroatoms. The molecule has 0 heterocycles. The van der Waals surface area contributed by atoms with Crippen LogP contribution in [0.1, 0.15) is 20.8 Å². The second kappa shape index (κ2) is 3.43. The quantitative estimate of drug-likeness (QED) is 0.623. The number of rotatable bonds is 0. The van der Waals surface area contributed by atoms with Gasteiger partial charge < -0.3 is 10.2 Å². The molecule has 2 unspecified atom stereocenters. The Morgan fingerprint density at radius 2 is 1.55 bits per heavy atom. The fraction of sp³-hybridized carbons (Fsp3) is 0.857. The van der Waals surface area contributed by atoms with Gasteiger partial charge in [-0.15, -0.1) is 0 Å². The van der Waals surface area contributed by atoms with Gasteiger partial charge in [-0.05, 0) is 11.3 Å². The number of alkyl halides is 1. The average molecular weight is 225 g/mol. The molecule has 3 nitrogen and oxygen atoms in total. The van der Waals surface area contributed by atoms with Crippen LogP contribution in [0.5, 0.6) is 0 Å². The first kappa shape index (κ1) is 10.8. The van der Waals surface area contributed by atoms with Gasteiger partial charge in [0.1, 0.15) is 0 Å². The van der Waals surface area contributed by atoms with E-state index >= 15 is 0 Å². The van der Waals surface area contributed by atoms with E-state index in [-0.39, 0.29) is 0 Å². The highest BCUT2D eigenvalue weighted by molar-refractivity contribution is 9.09. The van der Waals surface area contributed by atoms with Crippen molar-refractivity contribution in [2.75, 3.05) is 0 Å². The number of carbonyl (C=O) groups is 1. The van der Waals surface area contributed by atoms with Gasteiger partial charge >= 0.3 is 6.16 Å². The van der Waals surface area contributed by atoms with Gasteiger partial charge in [0.05, 0.1) is 0 Å². The smallest absolute Gasteiger partial charge is 0.450 e. The molecule has 1 saturated carbocycles. The molecule has 1 aliphatic carbocycles. The third-order valence-corrected chi connectivity index (χ3v) is 4.19. The van der Waals surface area contributed by atoms with Gasteiger partial charge in [-0.25, -0.2) is 4.79 Å². The second-order valence-corrected chi connectivity index (χ2v) is 4.28. The lowest BCUT2D eigenvalue weighted by Crippen LogP contribution is -1.86. The molecule has 0 aromatic rings. The van der Waals surface area contributed by atoms with Crippen LogP contribution in [-0.4, -0.2) is 21.2 Å².